The molecule has 0 spiro atoms. The number of hydrogen-bond donors (Lipinski definition) is 1. The monoisotopic (exact) mass is 382 g/mol. The summed E-state index contributed by atoms with van der Waals surface area (Å²) in [5, 5.41) is 8.39. The van der Waals surface area contributed by atoms with E-state index in [1.165, 1.54) is 16.0 Å². The first-order valence-electron chi connectivity index (χ1n) is 8.46. The summed E-state index contributed by atoms with van der Waals surface area (Å²) in [5.74, 6) is 0.524. The average Bonchev–Trinajstić information content (AvgIpc) is 3.10. The summed E-state index contributed by atoms with van der Waals surface area (Å²) in [6.45, 7) is 7.51. The van der Waals surface area contributed by atoms with Crippen LogP contribution in [0.1, 0.15) is 24.5 Å². The molecule has 0 saturated carbocycles. The van der Waals surface area contributed by atoms with E-state index in [4.69, 9.17) is 12.2 Å². The van der Waals surface area contributed by atoms with Gasteiger partial charge in [0.05, 0.1) is 18.0 Å². The van der Waals surface area contributed by atoms with Crippen LogP contribution in [0, 0.1) is 18.6 Å². The van der Waals surface area contributed by atoms with Crippen molar-refractivity contribution in [3.8, 4) is 5.69 Å². The van der Waals surface area contributed by atoms with Crippen LogP contribution in [0.2, 0.25) is 0 Å². The van der Waals surface area contributed by atoms with Crippen LogP contribution in [0.5, 0.6) is 0 Å². The molecular formula is C16H24N5O2S2+. The van der Waals surface area contributed by atoms with Gasteiger partial charge in [0.1, 0.15) is 11.8 Å². The third kappa shape index (κ3) is 3.83. The number of aryl methyl sites for hydroxylation is 2. The SMILES string of the molecule is CC[NH+](Cn1nnn(-c2ccc(C)c(C)c2)c1=S)[C@@H]1CCS(=O)(=O)C1. The van der Waals surface area contributed by atoms with Crippen LogP contribution in [0.25, 0.3) is 5.69 Å². The predicted octanol–water partition coefficient (Wildman–Crippen LogP) is 0.465. The predicted molar refractivity (Wildman–Crippen MR) is 98.2 cm³/mol. The van der Waals surface area contributed by atoms with Gasteiger partial charge in [-0.1, -0.05) is 6.07 Å². The summed E-state index contributed by atoms with van der Waals surface area (Å²) in [6, 6.07) is 6.16. The van der Waals surface area contributed by atoms with Crippen molar-refractivity contribution in [3.63, 3.8) is 0 Å². The zero-order valence-electron chi connectivity index (χ0n) is 14.8. The molecule has 1 unspecified atom stereocenters. The van der Waals surface area contributed by atoms with Crippen LogP contribution in [0.15, 0.2) is 18.2 Å². The van der Waals surface area contributed by atoms with E-state index in [0.717, 1.165) is 12.2 Å². The zero-order chi connectivity index (χ0) is 18.2. The molecule has 1 aromatic carbocycles. The first-order chi connectivity index (χ1) is 11.8. The van der Waals surface area contributed by atoms with Crippen molar-refractivity contribution < 1.29 is 13.3 Å². The zero-order valence-corrected chi connectivity index (χ0v) is 16.4. The molecule has 0 amide bonds. The molecule has 0 radical (unpaired) electrons. The van der Waals surface area contributed by atoms with Gasteiger partial charge in [-0.05, 0) is 66.7 Å². The molecule has 25 heavy (non-hydrogen) atoms. The van der Waals surface area contributed by atoms with Crippen molar-refractivity contribution in [2.45, 2.75) is 39.9 Å². The summed E-state index contributed by atoms with van der Waals surface area (Å²) < 4.78 is 27.4. The lowest BCUT2D eigenvalue weighted by Crippen LogP contribution is -3.15. The fourth-order valence-electron chi connectivity index (χ4n) is 3.23. The smallest absolute Gasteiger partial charge is 0.225 e. The maximum Gasteiger partial charge on any atom is 0.225 e. The summed E-state index contributed by atoms with van der Waals surface area (Å²) >= 11 is 5.54. The Kier molecular flexibility index (Phi) is 5.08. The number of hydrogen-bond acceptors (Lipinski definition) is 5. The Hall–Kier alpha value is -1.58. The van der Waals surface area contributed by atoms with Crippen LogP contribution in [0.3, 0.4) is 0 Å². The lowest BCUT2D eigenvalue weighted by Gasteiger charge is -2.22. The van der Waals surface area contributed by atoms with Gasteiger partial charge in [0.2, 0.25) is 4.77 Å². The van der Waals surface area contributed by atoms with E-state index >= 15 is 0 Å². The molecule has 136 valence electrons. The maximum atomic E-state index is 11.8. The fourth-order valence-corrected chi connectivity index (χ4v) is 5.30. The molecule has 1 aliphatic heterocycles. The van der Waals surface area contributed by atoms with E-state index in [-0.39, 0.29) is 17.5 Å². The highest BCUT2D eigenvalue weighted by Gasteiger charge is 2.35. The molecule has 0 aliphatic carbocycles. The Morgan fingerprint density at radius 2 is 2.04 bits per heavy atom. The third-order valence-corrected chi connectivity index (χ3v) is 7.14. The Morgan fingerprint density at radius 3 is 2.64 bits per heavy atom. The van der Waals surface area contributed by atoms with E-state index in [2.05, 4.69) is 31.2 Å². The van der Waals surface area contributed by atoms with Crippen molar-refractivity contribution in [2.75, 3.05) is 18.1 Å². The molecule has 0 bridgehead atoms. The third-order valence-electron chi connectivity index (χ3n) is 4.99. The van der Waals surface area contributed by atoms with Gasteiger partial charge in [0.15, 0.2) is 16.5 Å². The first-order valence-corrected chi connectivity index (χ1v) is 10.7. The largest absolute Gasteiger partial charge is 0.313 e. The Morgan fingerprint density at radius 1 is 1.28 bits per heavy atom. The number of nitrogens with one attached hydrogen (secondary N) is 1. The van der Waals surface area contributed by atoms with Crippen molar-refractivity contribution in [2.24, 2.45) is 0 Å². The molecule has 9 heteroatoms. The van der Waals surface area contributed by atoms with E-state index in [1.54, 1.807) is 9.36 Å². The van der Waals surface area contributed by atoms with Crippen LogP contribution in [-0.4, -0.2) is 52.3 Å². The molecule has 1 aromatic heterocycles. The van der Waals surface area contributed by atoms with Crippen LogP contribution >= 0.6 is 12.2 Å². The standard InChI is InChI=1S/C16H23N5O2S2/c1-4-19(15-7-8-25(22,23)10-15)11-20-16(24)21(18-17-20)14-6-5-12(2)13(3)9-14/h5-6,9,15H,4,7-8,10-11H2,1-3H3/p+1/t15-/m1/s1. The molecule has 7 nitrogen and oxygen atoms in total. The number of quaternary nitrogens is 1. The van der Waals surface area contributed by atoms with Crippen molar-refractivity contribution in [1.82, 2.24) is 19.8 Å². The highest BCUT2D eigenvalue weighted by atomic mass is 32.2. The number of tetrazole rings is 1. The van der Waals surface area contributed by atoms with Gasteiger partial charge in [-0.15, -0.1) is 0 Å². The van der Waals surface area contributed by atoms with Gasteiger partial charge < -0.3 is 4.90 Å². The van der Waals surface area contributed by atoms with E-state index < -0.39 is 9.84 Å². The molecule has 1 fully saturated rings. The summed E-state index contributed by atoms with van der Waals surface area (Å²) in [7, 11) is -2.90. The summed E-state index contributed by atoms with van der Waals surface area (Å²) in [5.41, 5.74) is 3.28. The van der Waals surface area contributed by atoms with Crippen molar-refractivity contribution >= 4 is 22.1 Å². The number of benzene rings is 1. The number of sulfone groups is 1. The average molecular weight is 383 g/mol. The van der Waals surface area contributed by atoms with Gasteiger partial charge >= 0.3 is 0 Å². The molecule has 1 saturated heterocycles. The second kappa shape index (κ2) is 6.97. The lowest BCUT2D eigenvalue weighted by molar-refractivity contribution is -0.943. The van der Waals surface area contributed by atoms with Crippen LogP contribution < -0.4 is 4.90 Å². The number of aromatic nitrogens is 4. The van der Waals surface area contributed by atoms with Crippen LogP contribution in [0.4, 0.5) is 0 Å². The maximum absolute atomic E-state index is 11.8. The van der Waals surface area contributed by atoms with Gasteiger partial charge in [0, 0.05) is 6.42 Å². The fraction of sp³-hybridized carbons (Fsp3) is 0.562. The van der Waals surface area contributed by atoms with Crippen molar-refractivity contribution in [1.29, 1.82) is 0 Å². The molecular weight excluding hydrogens is 358 g/mol. The van der Waals surface area contributed by atoms with E-state index in [1.807, 2.05) is 18.2 Å². The van der Waals surface area contributed by atoms with Gasteiger partial charge in [-0.2, -0.15) is 9.36 Å². The topological polar surface area (TPSA) is 74.2 Å². The molecule has 2 heterocycles. The minimum atomic E-state index is -2.90. The Bertz CT molecular complexity index is 932. The van der Waals surface area contributed by atoms with Gasteiger partial charge in [-0.3, -0.25) is 0 Å². The van der Waals surface area contributed by atoms with E-state index in [9.17, 15) is 8.42 Å². The highest BCUT2D eigenvalue weighted by Crippen LogP contribution is 2.13. The Labute approximate surface area is 153 Å². The molecule has 3 rings (SSSR count). The first kappa shape index (κ1) is 18.2. The Balaban J connectivity index is 1.83. The van der Waals surface area contributed by atoms with Crippen molar-refractivity contribution in [3.05, 3.63) is 34.1 Å². The molecule has 2 aromatic rings. The normalized spacial score (nSPS) is 20.7. The summed E-state index contributed by atoms with van der Waals surface area (Å²) in [4.78, 5) is 1.17. The highest BCUT2D eigenvalue weighted by molar-refractivity contribution is 7.91. The minimum Gasteiger partial charge on any atom is -0.313 e. The number of nitrogens with zero attached hydrogens (tertiary/aromatic N) is 4. The minimum absolute atomic E-state index is 0.101. The quantitative estimate of drug-likeness (QED) is 0.761. The lowest BCUT2D eigenvalue weighted by atomic mass is 10.1. The van der Waals surface area contributed by atoms with E-state index in [0.29, 0.717) is 17.9 Å². The molecule has 2 atom stereocenters. The molecule has 1 N–H and O–H groups in total. The second-order valence-electron chi connectivity index (χ2n) is 6.71. The molecule has 1 aliphatic rings. The summed E-state index contributed by atoms with van der Waals surface area (Å²) in [6.07, 6.45) is 0.699. The second-order valence-corrected chi connectivity index (χ2v) is 9.31. The number of rotatable bonds is 5. The van der Waals surface area contributed by atoms with Gasteiger partial charge in [0.25, 0.3) is 0 Å². The van der Waals surface area contributed by atoms with Crippen LogP contribution in [-0.2, 0) is 16.5 Å². The van der Waals surface area contributed by atoms with Gasteiger partial charge in [-0.25, -0.2) is 8.42 Å².